The fourth-order valence-electron chi connectivity index (χ4n) is 9.63. The summed E-state index contributed by atoms with van der Waals surface area (Å²) in [5.41, 5.74) is 0. The van der Waals surface area contributed by atoms with Crippen LogP contribution < -0.4 is 0 Å². The molecule has 0 bridgehead atoms. The summed E-state index contributed by atoms with van der Waals surface area (Å²) in [6.45, 7) is 6.53. The molecule has 0 aliphatic carbocycles. The summed E-state index contributed by atoms with van der Waals surface area (Å²) in [6.07, 6.45) is 93.9. The number of hydrogen-bond donors (Lipinski definition) is 0. The number of rotatable bonds is 62. The lowest BCUT2D eigenvalue weighted by Crippen LogP contribution is -2.30. The molecule has 81 heavy (non-hydrogen) atoms. The van der Waals surface area contributed by atoms with Crippen molar-refractivity contribution in [1.82, 2.24) is 0 Å². The van der Waals surface area contributed by atoms with E-state index in [-0.39, 0.29) is 31.1 Å². The van der Waals surface area contributed by atoms with Gasteiger partial charge < -0.3 is 14.2 Å². The molecule has 6 nitrogen and oxygen atoms in total. The highest BCUT2D eigenvalue weighted by atomic mass is 16.6. The monoisotopic (exact) mass is 1120 g/mol. The number of unbranched alkanes of at least 4 members (excludes halogenated alkanes) is 33. The Hall–Kier alpha value is -3.93. The van der Waals surface area contributed by atoms with Crippen molar-refractivity contribution in [3.8, 4) is 0 Å². The van der Waals surface area contributed by atoms with E-state index in [1.54, 1.807) is 0 Å². The second-order valence-corrected chi connectivity index (χ2v) is 22.7. The zero-order valence-electron chi connectivity index (χ0n) is 53.3. The summed E-state index contributed by atoms with van der Waals surface area (Å²) in [5.74, 6) is -0.928. The number of ether oxygens (including phenoxy) is 3. The molecule has 0 aromatic rings. The number of hydrogen-bond acceptors (Lipinski definition) is 6. The normalized spacial score (nSPS) is 12.8. The lowest BCUT2D eigenvalue weighted by Gasteiger charge is -2.18. The Bertz CT molecular complexity index is 1620. The van der Waals surface area contributed by atoms with E-state index in [2.05, 4.69) is 130 Å². The number of allylic oxidation sites excluding steroid dienone is 18. The van der Waals surface area contributed by atoms with Gasteiger partial charge in [0.1, 0.15) is 13.2 Å². The zero-order valence-corrected chi connectivity index (χ0v) is 53.3. The second kappa shape index (κ2) is 68.6. The fraction of sp³-hybridized carbons (Fsp3) is 0.720. The van der Waals surface area contributed by atoms with Crippen LogP contribution in [0.4, 0.5) is 0 Å². The van der Waals surface area contributed by atoms with E-state index in [0.717, 1.165) is 109 Å². The first kappa shape index (κ1) is 77.1. The van der Waals surface area contributed by atoms with Gasteiger partial charge in [-0.15, -0.1) is 0 Å². The number of carbonyl (C=O) groups is 3. The minimum Gasteiger partial charge on any atom is -0.462 e. The van der Waals surface area contributed by atoms with Crippen LogP contribution in [0.2, 0.25) is 0 Å². The summed E-state index contributed by atoms with van der Waals surface area (Å²) in [5, 5.41) is 0. The molecule has 0 aliphatic rings. The molecule has 0 radical (unpaired) electrons. The van der Waals surface area contributed by atoms with Gasteiger partial charge in [-0.2, -0.15) is 0 Å². The maximum Gasteiger partial charge on any atom is 0.306 e. The summed E-state index contributed by atoms with van der Waals surface area (Å²) >= 11 is 0. The van der Waals surface area contributed by atoms with Crippen molar-refractivity contribution in [3.05, 3.63) is 109 Å². The van der Waals surface area contributed by atoms with Crippen LogP contribution in [-0.4, -0.2) is 37.2 Å². The van der Waals surface area contributed by atoms with Crippen molar-refractivity contribution in [2.45, 2.75) is 335 Å². The molecule has 6 heteroatoms. The van der Waals surface area contributed by atoms with E-state index in [1.807, 2.05) is 0 Å². The zero-order chi connectivity index (χ0) is 58.5. The molecule has 0 aromatic carbocycles. The first-order valence-corrected chi connectivity index (χ1v) is 34.4. The van der Waals surface area contributed by atoms with Crippen LogP contribution in [0.3, 0.4) is 0 Å². The molecule has 0 rings (SSSR count). The number of esters is 3. The van der Waals surface area contributed by atoms with E-state index in [4.69, 9.17) is 14.2 Å². The largest absolute Gasteiger partial charge is 0.462 e. The lowest BCUT2D eigenvalue weighted by molar-refractivity contribution is -0.167. The van der Waals surface area contributed by atoms with E-state index in [1.165, 1.54) is 180 Å². The minimum atomic E-state index is -0.800. The Morgan fingerprint density at radius 2 is 0.481 bits per heavy atom. The predicted octanol–water partition coefficient (Wildman–Crippen LogP) is 23.8. The quantitative estimate of drug-likeness (QED) is 0.0261. The third kappa shape index (κ3) is 66.8. The second-order valence-electron chi connectivity index (χ2n) is 22.7. The van der Waals surface area contributed by atoms with Crippen molar-refractivity contribution in [1.29, 1.82) is 0 Å². The summed E-state index contributed by atoms with van der Waals surface area (Å²) in [4.78, 5) is 38.4. The van der Waals surface area contributed by atoms with Crippen LogP contribution in [0.15, 0.2) is 109 Å². The first-order chi connectivity index (χ1) is 40.0. The maximum absolute atomic E-state index is 12.9. The van der Waals surface area contributed by atoms with Gasteiger partial charge >= 0.3 is 17.9 Å². The van der Waals surface area contributed by atoms with Gasteiger partial charge in [0.15, 0.2) is 6.10 Å². The molecule has 0 N–H and O–H groups in total. The fourth-order valence-corrected chi connectivity index (χ4v) is 9.63. The average Bonchev–Trinajstić information content (AvgIpc) is 3.47. The Morgan fingerprint density at radius 3 is 0.790 bits per heavy atom. The van der Waals surface area contributed by atoms with Crippen molar-refractivity contribution in [2.75, 3.05) is 13.2 Å². The Balaban J connectivity index is 4.45. The minimum absolute atomic E-state index is 0.0914. The standard InChI is InChI=1S/C75H128O6/c1-4-7-10-13-16-19-22-25-28-31-34-35-36-37-38-39-40-41-42-45-47-50-53-56-59-62-65-68-74(77)80-71-72(81-75(78)69-66-63-60-57-54-51-48-44-33-30-27-24-21-18-15-12-9-6-3)70-79-73(76)67-64-61-58-55-52-49-46-43-32-29-26-23-20-17-14-11-8-5-2/h7,10,16,19,25,28,30,33-35,37-38,40-41,45,47,53,56,72H,4-6,8-9,11-15,17-18,20-24,26-27,29,31-32,36,39,42-44,46,48-52,54-55,57-71H2,1-3H3/b10-7-,19-16-,28-25-,33-30-,35-34-,38-37-,41-40-,47-45-,56-53-. The van der Waals surface area contributed by atoms with Crippen molar-refractivity contribution in [2.24, 2.45) is 0 Å². The van der Waals surface area contributed by atoms with Gasteiger partial charge in [-0.3, -0.25) is 14.4 Å². The molecule has 1 unspecified atom stereocenters. The highest BCUT2D eigenvalue weighted by Crippen LogP contribution is 2.17. The van der Waals surface area contributed by atoms with Gasteiger partial charge in [0.25, 0.3) is 0 Å². The Labute approximate surface area is 501 Å². The Kier molecular flexibility index (Phi) is 65.2. The van der Waals surface area contributed by atoms with Crippen LogP contribution in [0.1, 0.15) is 329 Å². The van der Waals surface area contributed by atoms with Gasteiger partial charge in [-0.25, -0.2) is 0 Å². The number of carbonyl (C=O) groups excluding carboxylic acids is 3. The van der Waals surface area contributed by atoms with Gasteiger partial charge in [0, 0.05) is 19.3 Å². The first-order valence-electron chi connectivity index (χ1n) is 34.4. The molecule has 0 heterocycles. The van der Waals surface area contributed by atoms with E-state index < -0.39 is 6.10 Å². The average molecular weight is 1130 g/mol. The molecule has 0 saturated carbocycles. The van der Waals surface area contributed by atoms with Crippen LogP contribution in [0.25, 0.3) is 0 Å². The van der Waals surface area contributed by atoms with Crippen LogP contribution in [0.5, 0.6) is 0 Å². The predicted molar refractivity (Wildman–Crippen MR) is 353 cm³/mol. The molecule has 1 atom stereocenters. The van der Waals surface area contributed by atoms with Gasteiger partial charge in [0.2, 0.25) is 0 Å². The van der Waals surface area contributed by atoms with Crippen LogP contribution in [-0.2, 0) is 28.6 Å². The molecular weight excluding hydrogens is 997 g/mol. The van der Waals surface area contributed by atoms with E-state index in [0.29, 0.717) is 19.3 Å². The molecule has 464 valence electrons. The molecule has 0 fully saturated rings. The highest BCUT2D eigenvalue weighted by molar-refractivity contribution is 5.71. The third-order valence-electron chi connectivity index (χ3n) is 14.8. The molecule has 0 aromatic heterocycles. The molecule has 0 saturated heterocycles. The van der Waals surface area contributed by atoms with Crippen molar-refractivity contribution < 1.29 is 28.6 Å². The van der Waals surface area contributed by atoms with Gasteiger partial charge in [-0.1, -0.05) is 310 Å². The molecular formula is C75H128O6. The smallest absolute Gasteiger partial charge is 0.306 e. The highest BCUT2D eigenvalue weighted by Gasteiger charge is 2.19. The van der Waals surface area contributed by atoms with Crippen LogP contribution in [0, 0.1) is 0 Å². The summed E-state index contributed by atoms with van der Waals surface area (Å²) in [7, 11) is 0. The van der Waals surface area contributed by atoms with E-state index >= 15 is 0 Å². The van der Waals surface area contributed by atoms with Crippen molar-refractivity contribution in [3.63, 3.8) is 0 Å². The topological polar surface area (TPSA) is 78.9 Å². The third-order valence-corrected chi connectivity index (χ3v) is 14.8. The lowest BCUT2D eigenvalue weighted by atomic mass is 10.0. The van der Waals surface area contributed by atoms with Crippen molar-refractivity contribution >= 4 is 17.9 Å². The maximum atomic E-state index is 12.9. The van der Waals surface area contributed by atoms with E-state index in [9.17, 15) is 14.4 Å². The molecule has 0 aliphatic heterocycles. The Morgan fingerprint density at radius 1 is 0.259 bits per heavy atom. The van der Waals surface area contributed by atoms with Crippen LogP contribution >= 0.6 is 0 Å². The van der Waals surface area contributed by atoms with Gasteiger partial charge in [-0.05, 0) is 109 Å². The molecule has 0 spiro atoms. The summed E-state index contributed by atoms with van der Waals surface area (Å²) < 4.78 is 16.9. The van der Waals surface area contributed by atoms with Gasteiger partial charge in [0.05, 0.1) is 0 Å². The SMILES string of the molecule is CC/C=C\C/C=C\C/C=C\C/C=C\C/C=C\C/C=C\C/C=C\C/C=C\CCCCC(=O)OCC(COC(=O)CCCCCCCCCCCCCCCCCCCC)OC(=O)CCCCCCCCC/C=C\CCCCCCCCC. The summed E-state index contributed by atoms with van der Waals surface area (Å²) in [6, 6.07) is 0. The molecule has 0 amide bonds.